The molecule has 25 heavy (non-hydrogen) atoms. The lowest BCUT2D eigenvalue weighted by Crippen LogP contribution is -2.54. The first-order valence-corrected chi connectivity index (χ1v) is 8.80. The fourth-order valence-corrected chi connectivity index (χ4v) is 3.40. The highest BCUT2D eigenvalue weighted by Gasteiger charge is 2.28. The number of nitrogens with zero attached hydrogens (tertiary/aromatic N) is 4. The Morgan fingerprint density at radius 2 is 1.96 bits per heavy atom. The van der Waals surface area contributed by atoms with Gasteiger partial charge in [-0.25, -0.2) is 9.97 Å². The lowest BCUT2D eigenvalue weighted by atomic mass is 10.1. The summed E-state index contributed by atoms with van der Waals surface area (Å²) in [4.78, 5) is 13.4. The molecule has 134 valence electrons. The molecule has 1 saturated heterocycles. The van der Waals surface area contributed by atoms with Crippen LogP contribution in [0, 0.1) is 0 Å². The zero-order valence-corrected chi connectivity index (χ0v) is 14.7. The van der Waals surface area contributed by atoms with Gasteiger partial charge in [-0.2, -0.15) is 0 Å². The fraction of sp³-hybridized carbons (Fsp3) is 0.474. The molecule has 1 aliphatic heterocycles. The van der Waals surface area contributed by atoms with E-state index in [2.05, 4.69) is 44.0 Å². The molecule has 6 heteroatoms. The van der Waals surface area contributed by atoms with Gasteiger partial charge in [0.05, 0.1) is 7.11 Å². The Balaban J connectivity index is 1.65. The van der Waals surface area contributed by atoms with E-state index < -0.39 is 0 Å². The van der Waals surface area contributed by atoms with Gasteiger partial charge in [-0.3, -0.25) is 4.90 Å². The molecule has 0 saturated carbocycles. The molecule has 6 nitrogen and oxygen atoms in total. The van der Waals surface area contributed by atoms with E-state index in [1.807, 2.05) is 6.07 Å². The van der Waals surface area contributed by atoms with E-state index >= 15 is 0 Å². The van der Waals surface area contributed by atoms with Gasteiger partial charge in [0.15, 0.2) is 5.82 Å². The van der Waals surface area contributed by atoms with Crippen LogP contribution in [-0.2, 0) is 6.42 Å². The summed E-state index contributed by atoms with van der Waals surface area (Å²) in [6.45, 7) is 3.84. The average Bonchev–Trinajstić information content (AvgIpc) is 2.68. The number of hydrogen-bond donors (Lipinski definition) is 1. The summed E-state index contributed by atoms with van der Waals surface area (Å²) in [6.07, 6.45) is 5.12. The van der Waals surface area contributed by atoms with Crippen LogP contribution < -0.4 is 9.64 Å². The fourth-order valence-electron chi connectivity index (χ4n) is 3.40. The number of methoxy groups -OCH3 is 1. The molecule has 1 unspecified atom stereocenters. The minimum Gasteiger partial charge on any atom is -0.478 e. The van der Waals surface area contributed by atoms with Crippen LogP contribution in [0.1, 0.15) is 12.0 Å². The standard InChI is InChI=1S/C19H26N4O2/c1-25-19-18(20-9-10-21-19)23-13-12-22(17(15-23)8-14-24)11-7-16-5-3-2-4-6-16/h2-6,9-10,17,24H,7-8,11-15H2,1H3. The number of anilines is 1. The maximum absolute atomic E-state index is 9.48. The Labute approximate surface area is 149 Å². The van der Waals surface area contributed by atoms with Crippen molar-refractivity contribution in [3.63, 3.8) is 0 Å². The van der Waals surface area contributed by atoms with Gasteiger partial charge in [0, 0.05) is 51.2 Å². The molecular weight excluding hydrogens is 316 g/mol. The summed E-state index contributed by atoms with van der Waals surface area (Å²) >= 11 is 0. The molecule has 1 atom stereocenters. The monoisotopic (exact) mass is 342 g/mol. The normalized spacial score (nSPS) is 18.3. The first-order chi connectivity index (χ1) is 12.3. The third-order valence-corrected chi connectivity index (χ3v) is 4.74. The van der Waals surface area contributed by atoms with Crippen LogP contribution in [0.15, 0.2) is 42.7 Å². The van der Waals surface area contributed by atoms with Crippen molar-refractivity contribution in [2.75, 3.05) is 44.8 Å². The molecule has 1 fully saturated rings. The van der Waals surface area contributed by atoms with Gasteiger partial charge in [-0.05, 0) is 18.4 Å². The molecule has 1 aromatic heterocycles. The number of piperazine rings is 1. The molecule has 0 aliphatic carbocycles. The van der Waals surface area contributed by atoms with E-state index in [4.69, 9.17) is 4.74 Å². The summed E-state index contributed by atoms with van der Waals surface area (Å²) in [5.74, 6) is 1.35. The molecule has 0 bridgehead atoms. The molecule has 1 N–H and O–H groups in total. The van der Waals surface area contributed by atoms with Crippen LogP contribution in [0.4, 0.5) is 5.82 Å². The Morgan fingerprint density at radius 3 is 2.72 bits per heavy atom. The molecule has 0 radical (unpaired) electrons. The lowest BCUT2D eigenvalue weighted by Gasteiger charge is -2.42. The van der Waals surface area contributed by atoms with Gasteiger partial charge < -0.3 is 14.7 Å². The highest BCUT2D eigenvalue weighted by atomic mass is 16.5. The minimum atomic E-state index is 0.192. The van der Waals surface area contributed by atoms with Crippen molar-refractivity contribution >= 4 is 5.82 Å². The molecule has 3 rings (SSSR count). The number of rotatable bonds is 7. The smallest absolute Gasteiger partial charge is 0.257 e. The number of benzene rings is 1. The Morgan fingerprint density at radius 1 is 1.16 bits per heavy atom. The van der Waals surface area contributed by atoms with Crippen LogP contribution in [0.2, 0.25) is 0 Å². The van der Waals surface area contributed by atoms with Crippen molar-refractivity contribution < 1.29 is 9.84 Å². The third-order valence-electron chi connectivity index (χ3n) is 4.74. The Kier molecular flexibility index (Phi) is 6.19. The molecule has 1 aliphatic rings. The van der Waals surface area contributed by atoms with Gasteiger partial charge in [-0.15, -0.1) is 0 Å². The van der Waals surface area contributed by atoms with E-state index in [1.165, 1.54) is 5.56 Å². The van der Waals surface area contributed by atoms with Crippen LogP contribution in [0.5, 0.6) is 5.88 Å². The van der Waals surface area contributed by atoms with Crippen LogP contribution in [-0.4, -0.2) is 65.9 Å². The molecule has 0 amide bonds. The maximum Gasteiger partial charge on any atom is 0.257 e. The number of hydrogen-bond acceptors (Lipinski definition) is 6. The zero-order valence-electron chi connectivity index (χ0n) is 14.7. The van der Waals surface area contributed by atoms with Crippen molar-refractivity contribution in [3.8, 4) is 5.88 Å². The van der Waals surface area contributed by atoms with Gasteiger partial charge in [0.25, 0.3) is 5.88 Å². The second-order valence-corrected chi connectivity index (χ2v) is 6.27. The van der Waals surface area contributed by atoms with Crippen LogP contribution >= 0.6 is 0 Å². The number of aliphatic hydroxyl groups excluding tert-OH is 1. The predicted molar refractivity (Wildman–Crippen MR) is 98.0 cm³/mol. The van der Waals surface area contributed by atoms with E-state index in [1.54, 1.807) is 19.5 Å². The van der Waals surface area contributed by atoms with Gasteiger partial charge in [0.1, 0.15) is 0 Å². The summed E-state index contributed by atoms with van der Waals surface area (Å²) in [6, 6.07) is 10.8. The first-order valence-electron chi connectivity index (χ1n) is 8.80. The van der Waals surface area contributed by atoms with E-state index in [-0.39, 0.29) is 6.61 Å². The molecule has 2 heterocycles. The van der Waals surface area contributed by atoms with Crippen molar-refractivity contribution in [2.24, 2.45) is 0 Å². The number of ether oxygens (including phenoxy) is 1. The third kappa shape index (κ3) is 4.46. The summed E-state index contributed by atoms with van der Waals surface area (Å²) < 4.78 is 5.35. The highest BCUT2D eigenvalue weighted by molar-refractivity contribution is 5.48. The van der Waals surface area contributed by atoms with E-state index in [9.17, 15) is 5.11 Å². The van der Waals surface area contributed by atoms with Crippen molar-refractivity contribution in [3.05, 3.63) is 48.3 Å². The van der Waals surface area contributed by atoms with E-state index in [0.29, 0.717) is 11.9 Å². The quantitative estimate of drug-likeness (QED) is 0.825. The lowest BCUT2D eigenvalue weighted by molar-refractivity contribution is 0.143. The molecule has 0 spiro atoms. The minimum absolute atomic E-state index is 0.192. The van der Waals surface area contributed by atoms with E-state index in [0.717, 1.165) is 44.8 Å². The zero-order chi connectivity index (χ0) is 17.5. The maximum atomic E-state index is 9.48. The summed E-state index contributed by atoms with van der Waals surface area (Å²) in [7, 11) is 1.62. The summed E-state index contributed by atoms with van der Waals surface area (Å²) in [5.41, 5.74) is 1.35. The predicted octanol–water partition coefficient (Wildman–Crippen LogP) is 1.60. The largest absolute Gasteiger partial charge is 0.478 e. The SMILES string of the molecule is COc1nccnc1N1CCN(CCc2ccccc2)C(CCO)C1. The Hall–Kier alpha value is -2.18. The average molecular weight is 342 g/mol. The number of aromatic nitrogens is 2. The van der Waals surface area contributed by atoms with Gasteiger partial charge in [-0.1, -0.05) is 30.3 Å². The van der Waals surface area contributed by atoms with Crippen molar-refractivity contribution in [1.29, 1.82) is 0 Å². The highest BCUT2D eigenvalue weighted by Crippen LogP contribution is 2.25. The molecule has 2 aromatic rings. The van der Waals surface area contributed by atoms with Crippen molar-refractivity contribution in [2.45, 2.75) is 18.9 Å². The first kappa shape index (κ1) is 17.6. The van der Waals surface area contributed by atoms with Gasteiger partial charge >= 0.3 is 0 Å². The van der Waals surface area contributed by atoms with Crippen LogP contribution in [0.3, 0.4) is 0 Å². The van der Waals surface area contributed by atoms with Gasteiger partial charge in [0.2, 0.25) is 0 Å². The second kappa shape index (κ2) is 8.78. The number of aliphatic hydroxyl groups is 1. The van der Waals surface area contributed by atoms with Crippen LogP contribution in [0.25, 0.3) is 0 Å². The summed E-state index contributed by atoms with van der Waals surface area (Å²) in [5, 5.41) is 9.48. The molecular formula is C19H26N4O2. The van der Waals surface area contributed by atoms with Crippen molar-refractivity contribution in [1.82, 2.24) is 14.9 Å². The molecule has 1 aromatic carbocycles. The Bertz CT molecular complexity index is 653. The topological polar surface area (TPSA) is 61.7 Å². The second-order valence-electron chi connectivity index (χ2n) is 6.27.